The molecule has 2 unspecified atom stereocenters. The highest BCUT2D eigenvalue weighted by Gasteiger charge is 2.38. The zero-order valence-corrected chi connectivity index (χ0v) is 18.7. The van der Waals surface area contributed by atoms with Gasteiger partial charge in [0.1, 0.15) is 6.29 Å². The van der Waals surface area contributed by atoms with Crippen molar-refractivity contribution in [2.24, 2.45) is 0 Å². The lowest BCUT2D eigenvalue weighted by atomic mass is 10.2. The Bertz CT molecular complexity index is 584. The number of likely N-dealkylation sites (N-methyl/N-ethyl adjacent to an activating group) is 1. The van der Waals surface area contributed by atoms with Crippen LogP contribution in [0.5, 0.6) is 0 Å². The largest absolute Gasteiger partial charge is 0.400 e. The number of aldehydes is 1. The highest BCUT2D eigenvalue weighted by atomic mass is 32.2. The molecule has 0 aliphatic carbocycles. The maximum Gasteiger partial charge on any atom is 0.242 e. The Morgan fingerprint density at radius 2 is 1.90 bits per heavy atom. The van der Waals surface area contributed by atoms with Crippen LogP contribution in [0.2, 0.25) is 0 Å². The molecule has 1 saturated heterocycles. The molecule has 0 saturated carbocycles. The molecule has 0 aromatic carbocycles. The molecule has 9 nitrogen and oxygen atoms in total. The van der Waals surface area contributed by atoms with Gasteiger partial charge in [0, 0.05) is 51.8 Å². The quantitative estimate of drug-likeness (QED) is 0.354. The fourth-order valence-electron chi connectivity index (χ4n) is 2.59. The number of hydrogen-bond acceptors (Lipinski definition) is 7. The SMILES string of the molecule is CC(C)NC(=O)CCCN1C(=O)CC(SCCC(=O)N(C)C(C)C=O)C1=O.CO. The summed E-state index contributed by atoms with van der Waals surface area (Å²) in [5, 5.41) is 9.29. The summed E-state index contributed by atoms with van der Waals surface area (Å²) in [5.41, 5.74) is 0. The number of aliphatic hydroxyl groups is 1. The summed E-state index contributed by atoms with van der Waals surface area (Å²) in [4.78, 5) is 61.3. The average Bonchev–Trinajstić information content (AvgIpc) is 2.95. The van der Waals surface area contributed by atoms with Crippen molar-refractivity contribution in [3.63, 3.8) is 0 Å². The van der Waals surface area contributed by atoms with Gasteiger partial charge < -0.3 is 20.1 Å². The van der Waals surface area contributed by atoms with E-state index in [1.807, 2.05) is 13.8 Å². The van der Waals surface area contributed by atoms with Crippen LogP contribution in [0.4, 0.5) is 0 Å². The second-order valence-corrected chi connectivity index (χ2v) is 8.21. The minimum atomic E-state index is -0.486. The van der Waals surface area contributed by atoms with E-state index in [4.69, 9.17) is 5.11 Å². The first kappa shape index (κ1) is 27.1. The molecule has 0 radical (unpaired) electrons. The lowest BCUT2D eigenvalue weighted by molar-refractivity contribution is -0.138. The minimum absolute atomic E-state index is 0.0598. The van der Waals surface area contributed by atoms with E-state index in [2.05, 4.69) is 5.32 Å². The second kappa shape index (κ2) is 14.1. The van der Waals surface area contributed by atoms with Gasteiger partial charge in [-0.15, -0.1) is 11.8 Å². The van der Waals surface area contributed by atoms with E-state index in [9.17, 15) is 24.0 Å². The summed E-state index contributed by atoms with van der Waals surface area (Å²) in [6.45, 7) is 5.61. The van der Waals surface area contributed by atoms with Gasteiger partial charge in [-0.3, -0.25) is 24.1 Å². The first-order valence-corrected chi connectivity index (χ1v) is 10.6. The summed E-state index contributed by atoms with van der Waals surface area (Å²) in [7, 11) is 2.56. The molecule has 10 heteroatoms. The smallest absolute Gasteiger partial charge is 0.242 e. The topological polar surface area (TPSA) is 124 Å². The number of hydrogen-bond donors (Lipinski definition) is 2. The van der Waals surface area contributed by atoms with E-state index in [1.54, 1.807) is 14.0 Å². The number of rotatable bonds is 11. The van der Waals surface area contributed by atoms with Crippen LogP contribution in [0, 0.1) is 0 Å². The average molecular weight is 432 g/mol. The van der Waals surface area contributed by atoms with Crippen molar-refractivity contribution in [1.82, 2.24) is 15.1 Å². The van der Waals surface area contributed by atoms with Gasteiger partial charge in [-0.2, -0.15) is 0 Å². The van der Waals surface area contributed by atoms with E-state index < -0.39 is 11.3 Å². The third-order valence-corrected chi connectivity index (χ3v) is 5.48. The second-order valence-electron chi connectivity index (χ2n) is 6.90. The van der Waals surface area contributed by atoms with Gasteiger partial charge >= 0.3 is 0 Å². The van der Waals surface area contributed by atoms with Crippen LogP contribution in [0.1, 0.15) is 46.5 Å². The zero-order valence-electron chi connectivity index (χ0n) is 17.8. The van der Waals surface area contributed by atoms with Crippen LogP contribution in [0.25, 0.3) is 0 Å². The van der Waals surface area contributed by atoms with Gasteiger partial charge in [0.25, 0.3) is 0 Å². The Balaban J connectivity index is 0.00000379. The van der Waals surface area contributed by atoms with Gasteiger partial charge in [-0.1, -0.05) is 0 Å². The van der Waals surface area contributed by atoms with Crippen LogP contribution < -0.4 is 5.32 Å². The molecule has 0 aromatic rings. The summed E-state index contributed by atoms with van der Waals surface area (Å²) < 4.78 is 0. The lowest BCUT2D eigenvalue weighted by Crippen LogP contribution is -2.36. The van der Waals surface area contributed by atoms with Crippen molar-refractivity contribution < 1.29 is 29.1 Å². The van der Waals surface area contributed by atoms with Gasteiger partial charge in [0.05, 0.1) is 11.3 Å². The Morgan fingerprint density at radius 1 is 1.28 bits per heavy atom. The Labute approximate surface area is 176 Å². The van der Waals surface area contributed by atoms with Crippen LogP contribution in [0.3, 0.4) is 0 Å². The van der Waals surface area contributed by atoms with E-state index in [0.29, 0.717) is 18.5 Å². The zero-order chi connectivity index (χ0) is 22.6. The number of aliphatic hydroxyl groups excluding tert-OH is 1. The molecule has 4 amide bonds. The van der Waals surface area contributed by atoms with Crippen molar-refractivity contribution >= 4 is 41.7 Å². The summed E-state index contributed by atoms with van der Waals surface area (Å²) in [6.07, 6.45) is 1.72. The van der Waals surface area contributed by atoms with Crippen molar-refractivity contribution in [3.05, 3.63) is 0 Å². The van der Waals surface area contributed by atoms with E-state index in [0.717, 1.165) is 7.11 Å². The number of carbonyl (C=O) groups excluding carboxylic acids is 5. The molecule has 1 aliphatic rings. The van der Waals surface area contributed by atoms with Gasteiger partial charge in [0.2, 0.25) is 23.6 Å². The van der Waals surface area contributed by atoms with Crippen molar-refractivity contribution in [3.8, 4) is 0 Å². The minimum Gasteiger partial charge on any atom is -0.400 e. The standard InChI is InChI=1S/C18H29N3O5S.CH4O/c1-12(2)19-15(23)6-5-8-21-17(25)10-14(18(21)26)27-9-7-16(24)20(4)13(3)11-22;1-2/h11-14H,5-10H2,1-4H3,(H,19,23);2H,1H3. The van der Waals surface area contributed by atoms with Crippen LogP contribution in [-0.4, -0.2) is 88.6 Å². The third kappa shape index (κ3) is 9.40. The highest BCUT2D eigenvalue weighted by molar-refractivity contribution is 8.00. The summed E-state index contributed by atoms with van der Waals surface area (Å²) >= 11 is 1.29. The van der Waals surface area contributed by atoms with Crippen LogP contribution >= 0.6 is 11.8 Å². The molecule has 1 rings (SSSR count). The first-order valence-electron chi connectivity index (χ1n) is 9.58. The van der Waals surface area contributed by atoms with Gasteiger partial charge in [-0.05, 0) is 27.2 Å². The Kier molecular flexibility index (Phi) is 13.2. The third-order valence-electron chi connectivity index (χ3n) is 4.27. The predicted octanol–water partition coefficient (Wildman–Crippen LogP) is 0.196. The fraction of sp³-hybridized carbons (Fsp3) is 0.737. The van der Waals surface area contributed by atoms with E-state index in [-0.39, 0.29) is 55.5 Å². The predicted molar refractivity (Wildman–Crippen MR) is 111 cm³/mol. The highest BCUT2D eigenvalue weighted by Crippen LogP contribution is 2.26. The molecule has 2 atom stereocenters. The Morgan fingerprint density at radius 3 is 2.45 bits per heavy atom. The number of nitrogens with one attached hydrogen (secondary N) is 1. The molecule has 0 spiro atoms. The number of likely N-dealkylation sites (tertiary alicyclic amines) is 1. The molecule has 2 N–H and O–H groups in total. The van der Waals surface area contributed by atoms with E-state index >= 15 is 0 Å². The summed E-state index contributed by atoms with van der Waals surface area (Å²) in [6, 6.07) is -0.426. The lowest BCUT2D eigenvalue weighted by Gasteiger charge is -2.20. The van der Waals surface area contributed by atoms with Crippen LogP contribution in [-0.2, 0) is 24.0 Å². The Hall–Kier alpha value is -1.94. The summed E-state index contributed by atoms with van der Waals surface area (Å²) in [5.74, 6) is -0.353. The monoisotopic (exact) mass is 431 g/mol. The molecular weight excluding hydrogens is 398 g/mol. The van der Waals surface area contributed by atoms with Crippen molar-refractivity contribution in [2.75, 3.05) is 26.5 Å². The maximum atomic E-state index is 12.4. The fourth-order valence-corrected chi connectivity index (χ4v) is 3.70. The van der Waals surface area contributed by atoms with Crippen LogP contribution in [0.15, 0.2) is 0 Å². The normalized spacial score (nSPS) is 16.9. The number of imide groups is 1. The molecule has 1 aliphatic heterocycles. The molecule has 1 fully saturated rings. The molecule has 0 aromatic heterocycles. The molecule has 1 heterocycles. The van der Waals surface area contributed by atoms with Gasteiger partial charge in [-0.25, -0.2) is 0 Å². The van der Waals surface area contributed by atoms with E-state index in [1.165, 1.54) is 21.6 Å². The number of nitrogens with zero attached hydrogens (tertiary/aromatic N) is 2. The first-order chi connectivity index (χ1) is 13.7. The molecular formula is C19H33N3O6S. The number of amides is 4. The molecule has 0 bridgehead atoms. The van der Waals surface area contributed by atoms with Crippen molar-refractivity contribution in [2.45, 2.75) is 63.8 Å². The molecule has 166 valence electrons. The molecule has 29 heavy (non-hydrogen) atoms. The maximum absolute atomic E-state index is 12.4. The number of carbonyl (C=O) groups is 5. The number of thioether (sulfide) groups is 1. The van der Waals surface area contributed by atoms with Crippen molar-refractivity contribution in [1.29, 1.82) is 0 Å². The van der Waals surface area contributed by atoms with Gasteiger partial charge in [0.15, 0.2) is 0 Å².